The van der Waals surface area contributed by atoms with Crippen molar-refractivity contribution < 1.29 is 9.47 Å². The van der Waals surface area contributed by atoms with Crippen molar-refractivity contribution in [1.29, 1.82) is 0 Å². The maximum atomic E-state index is 5.79. The van der Waals surface area contributed by atoms with Gasteiger partial charge in [-0.2, -0.15) is 4.68 Å². The van der Waals surface area contributed by atoms with Gasteiger partial charge in [-0.1, -0.05) is 45.2 Å². The summed E-state index contributed by atoms with van der Waals surface area (Å²) in [6.45, 7) is 5.57. The van der Waals surface area contributed by atoms with Gasteiger partial charge >= 0.3 is 0 Å². The Morgan fingerprint density at radius 3 is 2.42 bits per heavy atom. The molecule has 2 aliphatic rings. The summed E-state index contributed by atoms with van der Waals surface area (Å²) in [5.74, 6) is 2.93. The second-order valence-electron chi connectivity index (χ2n) is 8.79. The molecular weight excluding hydrogens is 390 g/mol. The number of tetrazole rings is 1. The molecule has 0 unspecified atom stereocenters. The first kappa shape index (κ1) is 19.8. The Labute approximate surface area is 182 Å². The zero-order chi connectivity index (χ0) is 21.3. The number of nitrogens with zero attached hydrogens (tertiary/aromatic N) is 4. The minimum absolute atomic E-state index is 0.331. The molecule has 1 saturated carbocycles. The fourth-order valence-corrected chi connectivity index (χ4v) is 4.62. The molecule has 0 spiro atoms. The summed E-state index contributed by atoms with van der Waals surface area (Å²) >= 11 is 0. The van der Waals surface area contributed by atoms with Crippen LogP contribution in [0, 0.1) is 0 Å². The van der Waals surface area contributed by atoms with Gasteiger partial charge in [-0.15, -0.1) is 5.10 Å². The van der Waals surface area contributed by atoms with Gasteiger partial charge < -0.3 is 14.8 Å². The van der Waals surface area contributed by atoms with Gasteiger partial charge in [-0.05, 0) is 59.0 Å². The highest BCUT2D eigenvalue weighted by molar-refractivity contribution is 5.57. The molecule has 0 radical (unpaired) electrons. The zero-order valence-electron chi connectivity index (χ0n) is 18.2. The van der Waals surface area contributed by atoms with E-state index in [0.29, 0.717) is 19.1 Å². The maximum absolute atomic E-state index is 5.79. The maximum Gasteiger partial charge on any atom is 0.181 e. The molecule has 1 fully saturated rings. The summed E-state index contributed by atoms with van der Waals surface area (Å²) < 4.78 is 13.4. The van der Waals surface area contributed by atoms with E-state index in [9.17, 15) is 0 Å². The third kappa shape index (κ3) is 3.84. The molecule has 7 heteroatoms. The lowest BCUT2D eigenvalue weighted by Gasteiger charge is -2.38. The van der Waals surface area contributed by atoms with Gasteiger partial charge in [0.1, 0.15) is 13.2 Å². The van der Waals surface area contributed by atoms with Crippen molar-refractivity contribution in [2.24, 2.45) is 0 Å². The lowest BCUT2D eigenvalue weighted by molar-refractivity contribution is 0.171. The molecule has 7 nitrogen and oxygen atoms in total. The molecule has 0 amide bonds. The second-order valence-corrected chi connectivity index (χ2v) is 8.79. The largest absolute Gasteiger partial charge is 0.486 e. The lowest BCUT2D eigenvalue weighted by Crippen LogP contribution is -2.40. The molecule has 1 N–H and O–H groups in total. The van der Waals surface area contributed by atoms with Crippen molar-refractivity contribution >= 4 is 5.69 Å². The van der Waals surface area contributed by atoms with Crippen LogP contribution in [0.5, 0.6) is 11.5 Å². The average molecular weight is 420 g/mol. The summed E-state index contributed by atoms with van der Waals surface area (Å²) in [6, 6.07) is 14.6. The first-order chi connectivity index (χ1) is 15.1. The van der Waals surface area contributed by atoms with Crippen LogP contribution in [0.4, 0.5) is 5.69 Å². The Hall–Kier alpha value is -3.09. The van der Waals surface area contributed by atoms with Crippen LogP contribution in [-0.2, 0) is 5.54 Å². The van der Waals surface area contributed by atoms with Gasteiger partial charge in [0.25, 0.3) is 0 Å². The Morgan fingerprint density at radius 1 is 0.935 bits per heavy atom. The Morgan fingerprint density at radius 2 is 1.68 bits per heavy atom. The number of nitrogens with one attached hydrogen (secondary N) is 1. The number of aromatic nitrogens is 4. The molecular formula is C24H29N5O2. The first-order valence-electron chi connectivity index (χ1n) is 11.2. The van der Waals surface area contributed by atoms with Crippen LogP contribution in [0.3, 0.4) is 0 Å². The molecule has 162 valence electrons. The van der Waals surface area contributed by atoms with E-state index in [-0.39, 0.29) is 5.54 Å². The number of ether oxygens (including phenoxy) is 2. The van der Waals surface area contributed by atoms with Crippen molar-refractivity contribution in [3.8, 4) is 17.2 Å². The Balaban J connectivity index is 1.50. The topological polar surface area (TPSA) is 74.1 Å². The third-order valence-electron chi connectivity index (χ3n) is 6.33. The zero-order valence-corrected chi connectivity index (χ0v) is 18.2. The molecule has 0 bridgehead atoms. The van der Waals surface area contributed by atoms with Crippen LogP contribution in [0.15, 0.2) is 42.5 Å². The van der Waals surface area contributed by atoms with E-state index in [1.807, 2.05) is 16.8 Å². The van der Waals surface area contributed by atoms with E-state index in [2.05, 4.69) is 65.0 Å². The predicted octanol–water partition coefficient (Wildman–Crippen LogP) is 4.83. The molecule has 1 aromatic heterocycles. The van der Waals surface area contributed by atoms with Crippen molar-refractivity contribution in [2.75, 3.05) is 18.5 Å². The number of anilines is 1. The molecule has 31 heavy (non-hydrogen) atoms. The number of fused-ring (bicyclic) bond motifs is 1. The van der Waals surface area contributed by atoms with Gasteiger partial charge in [0.15, 0.2) is 17.3 Å². The van der Waals surface area contributed by atoms with Crippen molar-refractivity contribution in [1.82, 2.24) is 20.2 Å². The van der Waals surface area contributed by atoms with Gasteiger partial charge in [0.05, 0.1) is 11.2 Å². The first-order valence-corrected chi connectivity index (χ1v) is 11.2. The van der Waals surface area contributed by atoms with Gasteiger partial charge in [0, 0.05) is 11.8 Å². The highest BCUT2D eigenvalue weighted by Gasteiger charge is 2.39. The van der Waals surface area contributed by atoms with Crippen LogP contribution in [0.1, 0.15) is 63.3 Å². The Kier molecular flexibility index (Phi) is 5.26. The normalized spacial score (nSPS) is 17.5. The number of benzene rings is 2. The molecule has 3 aromatic rings. The molecule has 1 aliphatic heterocycles. The van der Waals surface area contributed by atoms with Crippen molar-refractivity contribution in [2.45, 2.75) is 57.4 Å². The Bertz CT molecular complexity index is 1040. The van der Waals surface area contributed by atoms with Crippen LogP contribution in [-0.4, -0.2) is 33.4 Å². The highest BCUT2D eigenvalue weighted by Crippen LogP contribution is 2.41. The fourth-order valence-electron chi connectivity index (χ4n) is 4.62. The van der Waals surface area contributed by atoms with Crippen molar-refractivity contribution in [3.05, 3.63) is 53.9 Å². The molecule has 2 heterocycles. The summed E-state index contributed by atoms with van der Waals surface area (Å²) in [4.78, 5) is 0. The van der Waals surface area contributed by atoms with Gasteiger partial charge in [-0.25, -0.2) is 0 Å². The molecule has 1 aliphatic carbocycles. The van der Waals surface area contributed by atoms with E-state index in [0.717, 1.165) is 54.4 Å². The summed E-state index contributed by atoms with van der Waals surface area (Å²) in [7, 11) is 0. The standard InChI is InChI=1S/C24H29N5O2/c1-17(2)18-6-9-20(10-7-18)29-23(26-27-28-29)24(12-4-3-5-13-24)25-19-8-11-21-22(16-19)31-15-14-30-21/h6-11,16-17,25H,3-5,12-15H2,1-2H3. The summed E-state index contributed by atoms with van der Waals surface area (Å²) in [5, 5.41) is 16.7. The number of hydrogen-bond donors (Lipinski definition) is 1. The van der Waals surface area contributed by atoms with E-state index < -0.39 is 0 Å². The third-order valence-corrected chi connectivity index (χ3v) is 6.33. The summed E-state index contributed by atoms with van der Waals surface area (Å²) in [5.41, 5.74) is 2.96. The van der Waals surface area contributed by atoms with Crippen molar-refractivity contribution in [3.63, 3.8) is 0 Å². The quantitative estimate of drug-likeness (QED) is 0.639. The van der Waals surface area contributed by atoms with Crippen LogP contribution >= 0.6 is 0 Å². The monoisotopic (exact) mass is 419 g/mol. The van der Waals surface area contributed by atoms with Gasteiger partial charge in [-0.3, -0.25) is 0 Å². The lowest BCUT2D eigenvalue weighted by atomic mass is 9.80. The number of hydrogen-bond acceptors (Lipinski definition) is 6. The van der Waals surface area contributed by atoms with Crippen LogP contribution < -0.4 is 14.8 Å². The molecule has 5 rings (SSSR count). The molecule has 2 aromatic carbocycles. The predicted molar refractivity (Wildman–Crippen MR) is 119 cm³/mol. The second kappa shape index (κ2) is 8.21. The number of rotatable bonds is 5. The fraction of sp³-hybridized carbons (Fsp3) is 0.458. The van der Waals surface area contributed by atoms with E-state index in [4.69, 9.17) is 9.47 Å². The highest BCUT2D eigenvalue weighted by atomic mass is 16.6. The minimum Gasteiger partial charge on any atom is -0.486 e. The van der Waals surface area contributed by atoms with Crippen LogP contribution in [0.25, 0.3) is 5.69 Å². The minimum atomic E-state index is -0.331. The van der Waals surface area contributed by atoms with E-state index in [1.165, 1.54) is 12.0 Å². The summed E-state index contributed by atoms with van der Waals surface area (Å²) in [6.07, 6.45) is 5.46. The van der Waals surface area contributed by atoms with Crippen LogP contribution in [0.2, 0.25) is 0 Å². The van der Waals surface area contributed by atoms with Gasteiger partial charge in [0.2, 0.25) is 0 Å². The molecule has 0 saturated heterocycles. The smallest absolute Gasteiger partial charge is 0.181 e. The SMILES string of the molecule is CC(C)c1ccc(-n2nnnc2C2(Nc3ccc4c(c3)OCCO4)CCCCC2)cc1. The van der Waals surface area contributed by atoms with E-state index in [1.54, 1.807) is 0 Å². The molecule has 0 atom stereocenters. The average Bonchev–Trinajstić information content (AvgIpc) is 3.30. The van der Waals surface area contributed by atoms with E-state index >= 15 is 0 Å².